The maximum absolute atomic E-state index is 11.0. The number of aromatic nitrogens is 2. The van der Waals surface area contributed by atoms with Crippen LogP contribution in [0.25, 0.3) is 0 Å². The highest BCUT2D eigenvalue weighted by Gasteiger charge is 2.02. The van der Waals surface area contributed by atoms with Gasteiger partial charge in [0.15, 0.2) is 5.82 Å². The van der Waals surface area contributed by atoms with Gasteiger partial charge in [0.25, 0.3) is 0 Å². The van der Waals surface area contributed by atoms with Crippen LogP contribution in [0.5, 0.6) is 0 Å². The van der Waals surface area contributed by atoms with Crippen molar-refractivity contribution < 1.29 is 4.79 Å². The first kappa shape index (κ1) is 9.77. The van der Waals surface area contributed by atoms with Crippen LogP contribution in [0, 0.1) is 0 Å². The van der Waals surface area contributed by atoms with Crippen LogP contribution < -0.4 is 5.32 Å². The summed E-state index contributed by atoms with van der Waals surface area (Å²) in [5, 5.41) is 9.53. The molecule has 0 radical (unpaired) electrons. The lowest BCUT2D eigenvalue weighted by Crippen LogP contribution is -2.09. The van der Waals surface area contributed by atoms with Gasteiger partial charge < -0.3 is 5.32 Å². The SMILES string of the molecule is CCCc1cc(NC(=O)CC)n[nH]1. The van der Waals surface area contributed by atoms with E-state index in [2.05, 4.69) is 22.4 Å². The largest absolute Gasteiger partial charge is 0.309 e. The Balaban J connectivity index is 2.53. The van der Waals surface area contributed by atoms with Gasteiger partial charge in [0, 0.05) is 18.2 Å². The van der Waals surface area contributed by atoms with Crippen molar-refractivity contribution in [3.8, 4) is 0 Å². The lowest BCUT2D eigenvalue weighted by Gasteiger charge is -1.95. The van der Waals surface area contributed by atoms with Crippen molar-refractivity contribution in [3.05, 3.63) is 11.8 Å². The number of nitrogens with one attached hydrogen (secondary N) is 2. The molecule has 1 rings (SSSR count). The highest BCUT2D eigenvalue weighted by Crippen LogP contribution is 2.07. The number of rotatable bonds is 4. The Labute approximate surface area is 77.7 Å². The van der Waals surface area contributed by atoms with Crippen molar-refractivity contribution >= 4 is 11.7 Å². The normalized spacial score (nSPS) is 10.0. The molecular weight excluding hydrogens is 166 g/mol. The molecule has 0 spiro atoms. The minimum Gasteiger partial charge on any atom is -0.309 e. The van der Waals surface area contributed by atoms with Crippen LogP contribution >= 0.6 is 0 Å². The number of anilines is 1. The van der Waals surface area contributed by atoms with Crippen molar-refractivity contribution in [2.75, 3.05) is 5.32 Å². The van der Waals surface area contributed by atoms with Crippen LogP contribution in [0.4, 0.5) is 5.82 Å². The van der Waals surface area contributed by atoms with Crippen molar-refractivity contribution in [2.45, 2.75) is 33.1 Å². The van der Waals surface area contributed by atoms with Crippen LogP contribution in [-0.4, -0.2) is 16.1 Å². The Morgan fingerprint density at radius 3 is 3.00 bits per heavy atom. The molecule has 0 saturated carbocycles. The molecule has 13 heavy (non-hydrogen) atoms. The topological polar surface area (TPSA) is 57.8 Å². The van der Waals surface area contributed by atoms with Gasteiger partial charge in [0.1, 0.15) is 0 Å². The molecule has 0 fully saturated rings. The highest BCUT2D eigenvalue weighted by molar-refractivity contribution is 5.89. The van der Waals surface area contributed by atoms with Gasteiger partial charge in [-0.1, -0.05) is 20.3 Å². The summed E-state index contributed by atoms with van der Waals surface area (Å²) in [6.45, 7) is 3.92. The Hall–Kier alpha value is -1.32. The second kappa shape index (κ2) is 4.64. The van der Waals surface area contributed by atoms with Gasteiger partial charge in [-0.3, -0.25) is 9.89 Å². The van der Waals surface area contributed by atoms with Crippen LogP contribution in [-0.2, 0) is 11.2 Å². The van der Waals surface area contributed by atoms with E-state index in [1.54, 1.807) is 0 Å². The molecule has 1 amide bonds. The monoisotopic (exact) mass is 181 g/mol. The van der Waals surface area contributed by atoms with Gasteiger partial charge >= 0.3 is 0 Å². The molecule has 72 valence electrons. The highest BCUT2D eigenvalue weighted by atomic mass is 16.1. The number of nitrogens with zero attached hydrogens (tertiary/aromatic N) is 1. The zero-order valence-electron chi connectivity index (χ0n) is 8.05. The third-order valence-corrected chi connectivity index (χ3v) is 1.74. The summed E-state index contributed by atoms with van der Waals surface area (Å²) in [5.74, 6) is 0.616. The standard InChI is InChI=1S/C9H15N3O/c1-3-5-7-6-8(12-11-7)10-9(13)4-2/h6H,3-5H2,1-2H3,(H2,10,11,12,13). The van der Waals surface area contributed by atoms with E-state index in [4.69, 9.17) is 0 Å². The fourth-order valence-corrected chi connectivity index (χ4v) is 1.05. The van der Waals surface area contributed by atoms with Gasteiger partial charge in [-0.2, -0.15) is 5.10 Å². The predicted molar refractivity (Wildman–Crippen MR) is 51.5 cm³/mol. The quantitative estimate of drug-likeness (QED) is 0.742. The molecule has 0 saturated heterocycles. The average Bonchev–Trinajstić information content (AvgIpc) is 2.53. The number of hydrogen-bond acceptors (Lipinski definition) is 2. The Bertz CT molecular complexity index is 280. The van der Waals surface area contributed by atoms with E-state index in [-0.39, 0.29) is 5.91 Å². The van der Waals surface area contributed by atoms with E-state index in [0.29, 0.717) is 12.2 Å². The molecule has 4 heteroatoms. The Morgan fingerprint density at radius 1 is 1.62 bits per heavy atom. The lowest BCUT2D eigenvalue weighted by molar-refractivity contribution is -0.115. The van der Waals surface area contributed by atoms with Crippen LogP contribution in [0.1, 0.15) is 32.4 Å². The molecule has 0 bridgehead atoms. The predicted octanol–water partition coefficient (Wildman–Crippen LogP) is 1.71. The van der Waals surface area contributed by atoms with Crippen molar-refractivity contribution in [1.29, 1.82) is 0 Å². The number of hydrogen-bond donors (Lipinski definition) is 2. The van der Waals surface area contributed by atoms with Gasteiger partial charge in [-0.05, 0) is 6.42 Å². The van der Waals surface area contributed by atoms with Crippen LogP contribution in [0.15, 0.2) is 6.07 Å². The molecule has 1 heterocycles. The number of H-pyrrole nitrogens is 1. The summed E-state index contributed by atoms with van der Waals surface area (Å²) >= 11 is 0. The first-order valence-electron chi connectivity index (χ1n) is 4.60. The molecular formula is C9H15N3O. The molecule has 0 unspecified atom stereocenters. The maximum atomic E-state index is 11.0. The summed E-state index contributed by atoms with van der Waals surface area (Å²) in [7, 11) is 0. The van der Waals surface area contributed by atoms with E-state index in [1.807, 2.05) is 13.0 Å². The smallest absolute Gasteiger partial charge is 0.225 e. The first-order chi connectivity index (χ1) is 6.26. The molecule has 0 atom stereocenters. The van der Waals surface area contributed by atoms with Gasteiger partial charge in [-0.15, -0.1) is 0 Å². The number of amides is 1. The maximum Gasteiger partial charge on any atom is 0.225 e. The minimum atomic E-state index is -0.00505. The summed E-state index contributed by atoms with van der Waals surface area (Å²) < 4.78 is 0. The van der Waals surface area contributed by atoms with Crippen molar-refractivity contribution in [1.82, 2.24) is 10.2 Å². The van der Waals surface area contributed by atoms with Gasteiger partial charge in [-0.25, -0.2) is 0 Å². The summed E-state index contributed by atoms with van der Waals surface area (Å²) in [6.07, 6.45) is 2.52. The van der Waals surface area contributed by atoms with Gasteiger partial charge in [0.05, 0.1) is 0 Å². The zero-order chi connectivity index (χ0) is 9.68. The van der Waals surface area contributed by atoms with E-state index in [1.165, 1.54) is 0 Å². The number of aromatic amines is 1. The van der Waals surface area contributed by atoms with Crippen molar-refractivity contribution in [2.24, 2.45) is 0 Å². The van der Waals surface area contributed by atoms with Crippen LogP contribution in [0.2, 0.25) is 0 Å². The second-order valence-corrected chi connectivity index (χ2v) is 2.93. The number of carbonyl (C=O) groups excluding carboxylic acids is 1. The molecule has 2 N–H and O–H groups in total. The summed E-state index contributed by atoms with van der Waals surface area (Å²) in [6, 6.07) is 1.87. The molecule has 1 aromatic heterocycles. The Kier molecular flexibility index (Phi) is 3.49. The third kappa shape index (κ3) is 2.89. The lowest BCUT2D eigenvalue weighted by atomic mass is 10.2. The van der Waals surface area contributed by atoms with E-state index < -0.39 is 0 Å². The van der Waals surface area contributed by atoms with E-state index in [0.717, 1.165) is 18.5 Å². The van der Waals surface area contributed by atoms with Crippen molar-refractivity contribution in [3.63, 3.8) is 0 Å². The third-order valence-electron chi connectivity index (χ3n) is 1.74. The first-order valence-corrected chi connectivity index (χ1v) is 4.60. The fraction of sp³-hybridized carbons (Fsp3) is 0.556. The minimum absolute atomic E-state index is 0.00505. The van der Waals surface area contributed by atoms with Gasteiger partial charge in [0.2, 0.25) is 5.91 Å². The van der Waals surface area contributed by atoms with E-state index >= 15 is 0 Å². The zero-order valence-corrected chi connectivity index (χ0v) is 8.05. The average molecular weight is 181 g/mol. The molecule has 0 aliphatic rings. The molecule has 0 aliphatic carbocycles. The molecule has 0 aromatic carbocycles. The molecule has 1 aromatic rings. The summed E-state index contributed by atoms with van der Waals surface area (Å²) in [4.78, 5) is 11.0. The second-order valence-electron chi connectivity index (χ2n) is 2.93. The fourth-order valence-electron chi connectivity index (χ4n) is 1.05. The summed E-state index contributed by atoms with van der Waals surface area (Å²) in [5.41, 5.74) is 1.06. The number of carbonyl (C=O) groups is 1. The molecule has 0 aliphatic heterocycles. The molecule has 4 nitrogen and oxygen atoms in total. The van der Waals surface area contributed by atoms with Crippen LogP contribution in [0.3, 0.4) is 0 Å². The van der Waals surface area contributed by atoms with E-state index in [9.17, 15) is 4.79 Å². The number of aryl methyl sites for hydroxylation is 1. The Morgan fingerprint density at radius 2 is 2.38 bits per heavy atom.